The van der Waals surface area contributed by atoms with E-state index in [0.717, 1.165) is 51.1 Å². The van der Waals surface area contributed by atoms with Gasteiger partial charge in [-0.15, -0.1) is 0 Å². The van der Waals surface area contributed by atoms with Crippen LogP contribution in [0.3, 0.4) is 0 Å². The highest BCUT2D eigenvalue weighted by Gasteiger charge is 2.71. The highest BCUT2D eigenvalue weighted by atomic mass is 16.5. The Balaban J connectivity index is 1.48. The van der Waals surface area contributed by atoms with Crippen molar-refractivity contribution in [2.24, 2.45) is 44.7 Å². The number of nitrogens with zero attached hydrogens (tertiary/aromatic N) is 4. The number of azo groups is 1. The van der Waals surface area contributed by atoms with E-state index in [1.54, 1.807) is 0 Å². The van der Waals surface area contributed by atoms with Gasteiger partial charge in [0.15, 0.2) is 10.5 Å². The van der Waals surface area contributed by atoms with Crippen LogP contribution in [0.4, 0.5) is 0 Å². The zero-order chi connectivity index (χ0) is 22.0. The Hall–Kier alpha value is -2.23. The van der Waals surface area contributed by atoms with E-state index in [2.05, 4.69) is 35.1 Å². The minimum Gasteiger partial charge on any atom is -0.504 e. The van der Waals surface area contributed by atoms with Crippen molar-refractivity contribution in [1.29, 1.82) is 5.39 Å². The minimum atomic E-state index is -0.757. The number of diazo groups is 1. The number of carbonyl (C=O) groups excluding carboxylic acids is 1. The number of allylic oxidation sites excluding steroid dienone is 1. The largest absolute Gasteiger partial charge is 0.504 e. The summed E-state index contributed by atoms with van der Waals surface area (Å²) in [7, 11) is 0. The Morgan fingerprint density at radius 3 is 2.87 bits per heavy atom. The van der Waals surface area contributed by atoms with Gasteiger partial charge in [-0.05, 0) is 61.7 Å². The van der Waals surface area contributed by atoms with Crippen molar-refractivity contribution in [3.05, 3.63) is 28.6 Å². The average molecular weight is 426 g/mol. The molecule has 0 aromatic heterocycles. The lowest BCUT2D eigenvalue weighted by Crippen LogP contribution is -2.55. The summed E-state index contributed by atoms with van der Waals surface area (Å²) in [5, 5.41) is 29.0. The molecule has 0 spiro atoms. The normalized spacial score (nSPS) is 48.0. The fourth-order valence-electron chi connectivity index (χ4n) is 8.49. The van der Waals surface area contributed by atoms with E-state index in [0.29, 0.717) is 24.3 Å². The molecule has 8 unspecified atom stereocenters. The van der Waals surface area contributed by atoms with Crippen molar-refractivity contribution < 1.29 is 14.6 Å². The first-order chi connectivity index (χ1) is 14.8. The highest BCUT2D eigenvalue weighted by molar-refractivity contribution is 5.66. The molecule has 0 radical (unpaired) electrons. The van der Waals surface area contributed by atoms with Crippen LogP contribution in [-0.4, -0.2) is 29.3 Å². The number of rotatable bonds is 2. The van der Waals surface area contributed by atoms with Gasteiger partial charge in [0.2, 0.25) is 11.2 Å². The quantitative estimate of drug-likeness (QED) is 0.271. The molecule has 8 atom stereocenters. The van der Waals surface area contributed by atoms with Gasteiger partial charge in [0.25, 0.3) is 0 Å². The van der Waals surface area contributed by atoms with E-state index in [4.69, 9.17) is 10.1 Å². The van der Waals surface area contributed by atoms with E-state index in [9.17, 15) is 9.90 Å². The number of carbonyl (C=O) groups is 1. The molecule has 3 fully saturated rings. The molecule has 1 N–H and O–H groups in total. The van der Waals surface area contributed by atoms with Crippen molar-refractivity contribution >= 4 is 5.97 Å². The van der Waals surface area contributed by atoms with Crippen LogP contribution in [0.2, 0.25) is 0 Å². The summed E-state index contributed by atoms with van der Waals surface area (Å²) in [6, 6.07) is 0. The maximum atomic E-state index is 11.5. The summed E-state index contributed by atoms with van der Waals surface area (Å²) >= 11 is 0. The van der Waals surface area contributed by atoms with Crippen LogP contribution in [0.15, 0.2) is 33.8 Å². The lowest BCUT2D eigenvalue weighted by atomic mass is 9.46. The van der Waals surface area contributed by atoms with Gasteiger partial charge in [0, 0.05) is 24.7 Å². The molecule has 166 valence electrons. The second-order valence-corrected chi connectivity index (χ2v) is 10.9. The van der Waals surface area contributed by atoms with Gasteiger partial charge in [0.1, 0.15) is 6.10 Å². The van der Waals surface area contributed by atoms with E-state index >= 15 is 0 Å². The summed E-state index contributed by atoms with van der Waals surface area (Å²) in [6.07, 6.45) is 10.6. The van der Waals surface area contributed by atoms with Crippen LogP contribution >= 0.6 is 0 Å². The molecule has 0 aromatic rings. The fraction of sp³-hybridized carbons (Fsp3) is 0.792. The Labute approximate surface area is 183 Å². The Kier molecular flexibility index (Phi) is 4.59. The molecule has 0 saturated heterocycles. The van der Waals surface area contributed by atoms with Crippen LogP contribution in [0.1, 0.15) is 65.7 Å². The van der Waals surface area contributed by atoms with E-state index in [-0.39, 0.29) is 34.6 Å². The minimum absolute atomic E-state index is 0.0149. The smallest absolute Gasteiger partial charge is 0.390 e. The molecule has 0 bridgehead atoms. The molecule has 0 aromatic carbocycles. The first kappa shape index (κ1) is 20.7. The summed E-state index contributed by atoms with van der Waals surface area (Å²) in [5.41, 5.74) is 0.684. The molecule has 7 heteroatoms. The molecule has 31 heavy (non-hydrogen) atoms. The lowest BCUT2D eigenvalue weighted by Gasteiger charge is -2.58. The molecule has 4 aliphatic carbocycles. The molecule has 1 heterocycles. The summed E-state index contributed by atoms with van der Waals surface area (Å²) in [4.78, 5) is 14.6. The van der Waals surface area contributed by atoms with Crippen LogP contribution in [0.25, 0.3) is 4.98 Å². The third-order valence-corrected chi connectivity index (χ3v) is 9.88. The first-order valence-electron chi connectivity index (χ1n) is 11.8. The highest BCUT2D eigenvalue weighted by Crippen LogP contribution is 2.71. The van der Waals surface area contributed by atoms with Crippen LogP contribution in [0.5, 0.6) is 0 Å². The number of aliphatic hydroxyl groups excluding tert-OH is 1. The average Bonchev–Trinajstić information content (AvgIpc) is 3.25. The standard InChI is InChI=1S/C24H32N4O3/c1-14(29)31-17-6-8-22(2)15(10-17)4-5-18-19(22)7-9-23(3)20(18)11-16-12-27-28-24(16,23)21(30)13-26-25/h4,13,16-20H,5-12H2,1-3H3/p+1. The van der Waals surface area contributed by atoms with Gasteiger partial charge in [-0.1, -0.05) is 25.5 Å². The second-order valence-electron chi connectivity index (χ2n) is 10.9. The molecule has 3 saturated carbocycles. The van der Waals surface area contributed by atoms with Gasteiger partial charge < -0.3 is 9.84 Å². The van der Waals surface area contributed by atoms with Crippen LogP contribution < -0.4 is 0 Å². The third kappa shape index (κ3) is 2.63. The lowest BCUT2D eigenvalue weighted by molar-refractivity contribution is -0.148. The molecule has 1 aliphatic heterocycles. The number of esters is 1. The van der Waals surface area contributed by atoms with Gasteiger partial charge in [-0.25, -0.2) is 0 Å². The molecule has 5 aliphatic rings. The van der Waals surface area contributed by atoms with Gasteiger partial charge in [-0.3, -0.25) is 4.79 Å². The van der Waals surface area contributed by atoms with Crippen molar-refractivity contribution in [3.63, 3.8) is 0 Å². The zero-order valence-corrected chi connectivity index (χ0v) is 18.8. The van der Waals surface area contributed by atoms with Gasteiger partial charge >= 0.3 is 12.2 Å². The Morgan fingerprint density at radius 2 is 2.13 bits per heavy atom. The van der Waals surface area contributed by atoms with Gasteiger partial charge in [-0.2, -0.15) is 10.2 Å². The van der Waals surface area contributed by atoms with Crippen LogP contribution in [-0.2, 0) is 9.53 Å². The maximum absolute atomic E-state index is 11.5. The van der Waals surface area contributed by atoms with Gasteiger partial charge in [0.05, 0.1) is 6.54 Å². The van der Waals surface area contributed by atoms with Crippen LogP contribution in [0, 0.1) is 39.9 Å². The van der Waals surface area contributed by atoms with E-state index < -0.39 is 5.54 Å². The van der Waals surface area contributed by atoms with Crippen molar-refractivity contribution in [2.75, 3.05) is 6.54 Å². The molecule has 7 nitrogen and oxygen atoms in total. The Bertz CT molecular complexity index is 936. The molecule has 0 amide bonds. The SMILES string of the molecule is CC(=O)OC1CCC2(C)C(=CCC3C2CCC2(C)C3CC3CN=NC32C(O)=C[N+]#N)C1. The van der Waals surface area contributed by atoms with Crippen molar-refractivity contribution in [3.8, 4) is 0 Å². The summed E-state index contributed by atoms with van der Waals surface area (Å²) in [5.74, 6) is 1.64. The number of fused-ring (bicyclic) bond motifs is 7. The molecule has 5 rings (SSSR count). The third-order valence-electron chi connectivity index (χ3n) is 9.88. The monoisotopic (exact) mass is 425 g/mol. The number of ether oxygens (including phenoxy) is 1. The molecular weight excluding hydrogens is 392 g/mol. The van der Waals surface area contributed by atoms with Crippen molar-refractivity contribution in [1.82, 2.24) is 0 Å². The maximum Gasteiger partial charge on any atom is 0.390 e. The number of hydrogen-bond acceptors (Lipinski definition) is 6. The van der Waals surface area contributed by atoms with Crippen molar-refractivity contribution in [2.45, 2.75) is 77.4 Å². The predicted octanol–water partition coefficient (Wildman–Crippen LogP) is 5.56. The summed E-state index contributed by atoms with van der Waals surface area (Å²) in [6.45, 7) is 6.84. The summed E-state index contributed by atoms with van der Waals surface area (Å²) < 4.78 is 5.55. The zero-order valence-electron chi connectivity index (χ0n) is 18.8. The molecular formula is C24H33N4O3+. The fourth-order valence-corrected chi connectivity index (χ4v) is 8.49. The Morgan fingerprint density at radius 1 is 1.32 bits per heavy atom. The number of aliphatic hydroxyl groups is 1. The van der Waals surface area contributed by atoms with E-state index in [1.165, 1.54) is 12.5 Å². The topological polar surface area (TPSA) is 99.4 Å². The number of hydrogen-bond donors (Lipinski definition) is 1. The second kappa shape index (κ2) is 6.88. The predicted molar refractivity (Wildman–Crippen MR) is 114 cm³/mol. The van der Waals surface area contributed by atoms with E-state index in [1.807, 2.05) is 0 Å². The first-order valence-corrected chi connectivity index (χ1v) is 11.8.